The zero-order valence-electron chi connectivity index (χ0n) is 13.8. The number of rotatable bonds is 6. The third-order valence-electron chi connectivity index (χ3n) is 3.57. The lowest BCUT2D eigenvalue weighted by Crippen LogP contribution is -2.30. The molecule has 0 spiro atoms. The fraction of sp³-hybridized carbons (Fsp3) is 0.222. The third kappa shape index (κ3) is 4.42. The van der Waals surface area contributed by atoms with Crippen LogP contribution in [-0.4, -0.2) is 28.6 Å². The molecule has 0 fully saturated rings. The largest absolute Gasteiger partial charge is 0.492 e. The number of imidazole rings is 1. The molecule has 6 nitrogen and oxygen atoms in total. The molecule has 0 aliphatic rings. The van der Waals surface area contributed by atoms with E-state index in [1.807, 2.05) is 41.9 Å². The molecule has 2 heterocycles. The number of benzene rings is 1. The molecule has 0 saturated heterocycles. The fourth-order valence-corrected chi connectivity index (χ4v) is 2.67. The highest BCUT2D eigenvalue weighted by Crippen LogP contribution is 2.27. The summed E-state index contributed by atoms with van der Waals surface area (Å²) in [6, 6.07) is 10.7. The van der Waals surface area contributed by atoms with Gasteiger partial charge in [0, 0.05) is 31.0 Å². The first kappa shape index (κ1) is 17.1. The van der Waals surface area contributed by atoms with Gasteiger partial charge in [0.25, 0.3) is 0 Å². The van der Waals surface area contributed by atoms with Crippen LogP contribution in [0.25, 0.3) is 5.65 Å². The first-order valence-corrected chi connectivity index (χ1v) is 8.43. The number of hydrogen-bond acceptors (Lipinski definition) is 3. The van der Waals surface area contributed by atoms with Gasteiger partial charge in [0.1, 0.15) is 11.4 Å². The standard InChI is InChI=1S/C18H19ClN4O2/c1-2-25-16-7-6-13(11-15(16)19)22-18(24)20-9-8-14-12-23-10-4-3-5-17(23)21-14/h3-7,10-12H,2,8-9H2,1H3,(H2,20,22,24). The number of amides is 2. The molecular weight excluding hydrogens is 340 g/mol. The molecule has 3 aromatic rings. The van der Waals surface area contributed by atoms with Gasteiger partial charge in [-0.2, -0.15) is 0 Å². The minimum atomic E-state index is -0.288. The van der Waals surface area contributed by atoms with E-state index in [1.54, 1.807) is 18.2 Å². The van der Waals surface area contributed by atoms with E-state index < -0.39 is 0 Å². The molecule has 7 heteroatoms. The van der Waals surface area contributed by atoms with Crippen LogP contribution in [0.5, 0.6) is 5.75 Å². The Kier molecular flexibility index (Phi) is 5.40. The highest BCUT2D eigenvalue weighted by molar-refractivity contribution is 6.32. The third-order valence-corrected chi connectivity index (χ3v) is 3.87. The van der Waals surface area contributed by atoms with Crippen molar-refractivity contribution in [2.24, 2.45) is 0 Å². The van der Waals surface area contributed by atoms with Crippen LogP contribution in [-0.2, 0) is 6.42 Å². The van der Waals surface area contributed by atoms with Gasteiger partial charge in [0.15, 0.2) is 0 Å². The van der Waals surface area contributed by atoms with Gasteiger partial charge in [0.2, 0.25) is 0 Å². The molecular formula is C18H19ClN4O2. The monoisotopic (exact) mass is 358 g/mol. The van der Waals surface area contributed by atoms with Crippen LogP contribution >= 0.6 is 11.6 Å². The molecule has 0 aliphatic carbocycles. The summed E-state index contributed by atoms with van der Waals surface area (Å²) < 4.78 is 7.32. The molecule has 3 rings (SSSR count). The Morgan fingerprint density at radius 1 is 1.32 bits per heavy atom. The molecule has 2 N–H and O–H groups in total. The Balaban J connectivity index is 1.50. The molecule has 130 valence electrons. The van der Waals surface area contributed by atoms with E-state index in [9.17, 15) is 4.79 Å². The van der Waals surface area contributed by atoms with Crippen molar-refractivity contribution >= 4 is 29.0 Å². The zero-order valence-corrected chi connectivity index (χ0v) is 14.6. The minimum Gasteiger partial charge on any atom is -0.492 e. The summed E-state index contributed by atoms with van der Waals surface area (Å²) in [5.41, 5.74) is 2.43. The van der Waals surface area contributed by atoms with Crippen molar-refractivity contribution in [3.8, 4) is 5.75 Å². The van der Waals surface area contributed by atoms with Gasteiger partial charge < -0.3 is 19.8 Å². The van der Waals surface area contributed by atoms with E-state index in [-0.39, 0.29) is 6.03 Å². The summed E-state index contributed by atoms with van der Waals surface area (Å²) in [6.45, 7) is 2.91. The first-order chi connectivity index (χ1) is 12.2. The number of hydrogen-bond donors (Lipinski definition) is 2. The highest BCUT2D eigenvalue weighted by atomic mass is 35.5. The summed E-state index contributed by atoms with van der Waals surface area (Å²) in [7, 11) is 0. The topological polar surface area (TPSA) is 67.7 Å². The number of pyridine rings is 1. The second-order valence-corrected chi connectivity index (χ2v) is 5.81. The number of nitrogens with one attached hydrogen (secondary N) is 2. The van der Waals surface area contributed by atoms with E-state index in [2.05, 4.69) is 15.6 Å². The van der Waals surface area contributed by atoms with Crippen LogP contribution in [0.4, 0.5) is 10.5 Å². The molecule has 0 atom stereocenters. The van der Waals surface area contributed by atoms with Crippen LogP contribution in [0.2, 0.25) is 5.02 Å². The van der Waals surface area contributed by atoms with Gasteiger partial charge in [-0.3, -0.25) is 0 Å². The quantitative estimate of drug-likeness (QED) is 0.705. The Morgan fingerprint density at radius 2 is 2.20 bits per heavy atom. The zero-order chi connectivity index (χ0) is 17.6. The lowest BCUT2D eigenvalue weighted by Gasteiger charge is -2.10. The molecule has 0 bridgehead atoms. The number of carbonyl (C=O) groups excluding carboxylic acids is 1. The Morgan fingerprint density at radius 3 is 2.96 bits per heavy atom. The summed E-state index contributed by atoms with van der Waals surface area (Å²) in [6.07, 6.45) is 4.56. The van der Waals surface area contributed by atoms with E-state index in [4.69, 9.17) is 16.3 Å². The second kappa shape index (κ2) is 7.90. The number of urea groups is 1. The SMILES string of the molecule is CCOc1ccc(NC(=O)NCCc2cn3ccccc3n2)cc1Cl. The van der Waals surface area contributed by atoms with Crippen molar-refractivity contribution in [1.29, 1.82) is 0 Å². The summed E-state index contributed by atoms with van der Waals surface area (Å²) in [4.78, 5) is 16.5. The average Bonchev–Trinajstić information content (AvgIpc) is 3.00. The fourth-order valence-electron chi connectivity index (χ4n) is 2.44. The first-order valence-electron chi connectivity index (χ1n) is 8.05. The van der Waals surface area contributed by atoms with Crippen LogP contribution in [0.15, 0.2) is 48.8 Å². The molecule has 0 aliphatic heterocycles. The molecule has 0 radical (unpaired) electrons. The minimum absolute atomic E-state index is 0.288. The van der Waals surface area contributed by atoms with Gasteiger partial charge in [-0.15, -0.1) is 0 Å². The van der Waals surface area contributed by atoms with Crippen molar-refractivity contribution in [3.05, 3.63) is 59.5 Å². The van der Waals surface area contributed by atoms with Gasteiger partial charge >= 0.3 is 6.03 Å². The number of anilines is 1. The lowest BCUT2D eigenvalue weighted by atomic mass is 10.3. The van der Waals surface area contributed by atoms with Crippen molar-refractivity contribution in [1.82, 2.24) is 14.7 Å². The predicted octanol–water partition coefficient (Wildman–Crippen LogP) is 3.75. The average molecular weight is 359 g/mol. The highest BCUT2D eigenvalue weighted by Gasteiger charge is 2.06. The van der Waals surface area contributed by atoms with Crippen LogP contribution < -0.4 is 15.4 Å². The Bertz CT molecular complexity index is 845. The molecule has 0 unspecified atom stereocenters. The molecule has 25 heavy (non-hydrogen) atoms. The maximum absolute atomic E-state index is 12.0. The maximum Gasteiger partial charge on any atom is 0.319 e. The second-order valence-electron chi connectivity index (χ2n) is 5.41. The van der Waals surface area contributed by atoms with Gasteiger partial charge in [0.05, 0.1) is 17.3 Å². The van der Waals surface area contributed by atoms with Crippen molar-refractivity contribution in [3.63, 3.8) is 0 Å². The van der Waals surface area contributed by atoms with E-state index in [0.29, 0.717) is 36.0 Å². The van der Waals surface area contributed by atoms with Gasteiger partial charge in [-0.1, -0.05) is 17.7 Å². The van der Waals surface area contributed by atoms with Crippen molar-refractivity contribution in [2.45, 2.75) is 13.3 Å². The number of aromatic nitrogens is 2. The van der Waals surface area contributed by atoms with E-state index in [1.165, 1.54) is 0 Å². The van der Waals surface area contributed by atoms with E-state index >= 15 is 0 Å². The maximum atomic E-state index is 12.0. The smallest absolute Gasteiger partial charge is 0.319 e. The molecule has 2 amide bonds. The molecule has 0 saturated carbocycles. The van der Waals surface area contributed by atoms with Crippen LogP contribution in [0.3, 0.4) is 0 Å². The van der Waals surface area contributed by atoms with Gasteiger partial charge in [-0.25, -0.2) is 9.78 Å². The number of halogens is 1. The number of carbonyl (C=O) groups is 1. The number of nitrogens with zero attached hydrogens (tertiary/aromatic N) is 2. The van der Waals surface area contributed by atoms with Crippen molar-refractivity contribution in [2.75, 3.05) is 18.5 Å². The Labute approximate surface area is 150 Å². The lowest BCUT2D eigenvalue weighted by molar-refractivity contribution is 0.252. The van der Waals surface area contributed by atoms with E-state index in [0.717, 1.165) is 11.3 Å². The number of ether oxygens (including phenoxy) is 1. The van der Waals surface area contributed by atoms with Crippen LogP contribution in [0.1, 0.15) is 12.6 Å². The number of fused-ring (bicyclic) bond motifs is 1. The summed E-state index contributed by atoms with van der Waals surface area (Å²) in [5.74, 6) is 0.599. The summed E-state index contributed by atoms with van der Waals surface area (Å²) in [5, 5.41) is 6.02. The van der Waals surface area contributed by atoms with Crippen LogP contribution in [0, 0.1) is 0 Å². The molecule has 2 aromatic heterocycles. The predicted molar refractivity (Wildman–Crippen MR) is 98.5 cm³/mol. The molecule has 1 aromatic carbocycles. The van der Waals surface area contributed by atoms with Gasteiger partial charge in [-0.05, 0) is 37.3 Å². The summed E-state index contributed by atoms with van der Waals surface area (Å²) >= 11 is 6.11. The Hall–Kier alpha value is -2.73. The normalized spacial score (nSPS) is 10.6. The van der Waals surface area contributed by atoms with Crippen molar-refractivity contribution < 1.29 is 9.53 Å².